The van der Waals surface area contributed by atoms with Crippen LogP contribution in [-0.4, -0.2) is 6.54 Å². The van der Waals surface area contributed by atoms with Gasteiger partial charge < -0.3 is 11.1 Å². The molecule has 0 radical (unpaired) electrons. The van der Waals surface area contributed by atoms with Gasteiger partial charge in [-0.15, -0.1) is 0 Å². The van der Waals surface area contributed by atoms with Crippen LogP contribution in [0.4, 0.5) is 24.5 Å². The molecule has 0 saturated carbocycles. The fourth-order valence-electron chi connectivity index (χ4n) is 1.80. The smallest absolute Gasteiger partial charge is 0.397 e. The molecule has 1 heterocycles. The highest BCUT2D eigenvalue weighted by molar-refractivity contribution is 5.72. The summed E-state index contributed by atoms with van der Waals surface area (Å²) in [6.45, 7) is 0.766. The molecule has 0 fully saturated rings. The number of aryl methyl sites for hydroxylation is 1. The molecule has 0 atom stereocenters. The van der Waals surface area contributed by atoms with E-state index in [9.17, 15) is 13.2 Å². The van der Waals surface area contributed by atoms with Crippen molar-refractivity contribution < 1.29 is 13.2 Å². The summed E-state index contributed by atoms with van der Waals surface area (Å²) >= 11 is 0. The van der Waals surface area contributed by atoms with Gasteiger partial charge in [0, 0.05) is 6.54 Å². The van der Waals surface area contributed by atoms with Gasteiger partial charge in [0.1, 0.15) is 0 Å². The highest BCUT2D eigenvalue weighted by Gasteiger charge is 2.32. The topological polar surface area (TPSA) is 38.0 Å². The number of nitrogen functional groups attached to an aromatic ring is 1. The molecule has 0 amide bonds. The molecule has 2 rings (SSSR count). The molecular formula is C10H11F3N2. The number of hydrogen-bond acceptors (Lipinski definition) is 2. The van der Waals surface area contributed by atoms with E-state index < -0.39 is 11.7 Å². The summed E-state index contributed by atoms with van der Waals surface area (Å²) < 4.78 is 37.4. The molecule has 0 aromatic heterocycles. The maximum Gasteiger partial charge on any atom is 0.416 e. The molecule has 15 heavy (non-hydrogen) atoms. The van der Waals surface area contributed by atoms with Crippen LogP contribution < -0.4 is 11.1 Å². The first-order valence-electron chi connectivity index (χ1n) is 4.72. The summed E-state index contributed by atoms with van der Waals surface area (Å²) in [5.41, 5.74) is 6.41. The van der Waals surface area contributed by atoms with E-state index in [0.717, 1.165) is 19.0 Å². The minimum absolute atomic E-state index is 0.180. The van der Waals surface area contributed by atoms with Crippen LogP contribution in [0.25, 0.3) is 0 Å². The maximum atomic E-state index is 12.5. The third-order valence-corrected chi connectivity index (χ3v) is 2.50. The second kappa shape index (κ2) is 3.32. The van der Waals surface area contributed by atoms with Crippen LogP contribution in [0.3, 0.4) is 0 Å². The summed E-state index contributed by atoms with van der Waals surface area (Å²) in [5.74, 6) is 0. The van der Waals surface area contributed by atoms with Gasteiger partial charge in [-0.1, -0.05) is 0 Å². The minimum Gasteiger partial charge on any atom is -0.397 e. The summed E-state index contributed by atoms with van der Waals surface area (Å²) in [4.78, 5) is 0. The SMILES string of the molecule is Nc1cc(C(F)(F)F)cc2c1NCCC2. The average molecular weight is 216 g/mol. The number of rotatable bonds is 0. The summed E-state index contributed by atoms with van der Waals surface area (Å²) in [6, 6.07) is 2.16. The fraction of sp³-hybridized carbons (Fsp3) is 0.400. The Bertz CT molecular complexity index is 385. The number of halogens is 3. The van der Waals surface area contributed by atoms with Crippen molar-refractivity contribution in [2.75, 3.05) is 17.6 Å². The maximum absolute atomic E-state index is 12.5. The van der Waals surface area contributed by atoms with Crippen LogP contribution in [0, 0.1) is 0 Å². The Balaban J connectivity index is 2.50. The van der Waals surface area contributed by atoms with Gasteiger partial charge >= 0.3 is 6.18 Å². The van der Waals surface area contributed by atoms with E-state index in [4.69, 9.17) is 5.73 Å². The van der Waals surface area contributed by atoms with Crippen molar-refractivity contribution in [3.8, 4) is 0 Å². The van der Waals surface area contributed by atoms with Gasteiger partial charge in [-0.25, -0.2) is 0 Å². The van der Waals surface area contributed by atoms with Crippen molar-refractivity contribution in [2.24, 2.45) is 0 Å². The van der Waals surface area contributed by atoms with Crippen LogP contribution in [0.15, 0.2) is 12.1 Å². The van der Waals surface area contributed by atoms with Crippen molar-refractivity contribution in [1.29, 1.82) is 0 Å². The molecule has 0 bridgehead atoms. The van der Waals surface area contributed by atoms with Crippen LogP contribution in [0.1, 0.15) is 17.5 Å². The molecule has 1 aromatic rings. The third-order valence-electron chi connectivity index (χ3n) is 2.50. The molecule has 2 nitrogen and oxygen atoms in total. The van der Waals surface area contributed by atoms with Gasteiger partial charge in [0.05, 0.1) is 16.9 Å². The molecular weight excluding hydrogens is 205 g/mol. The molecule has 0 spiro atoms. The number of nitrogens with two attached hydrogens (primary N) is 1. The van der Waals surface area contributed by atoms with Crippen molar-refractivity contribution in [1.82, 2.24) is 0 Å². The zero-order valence-electron chi connectivity index (χ0n) is 7.99. The lowest BCUT2D eigenvalue weighted by Crippen LogP contribution is -2.16. The van der Waals surface area contributed by atoms with Gasteiger partial charge in [-0.05, 0) is 30.5 Å². The molecule has 1 aliphatic rings. The molecule has 0 unspecified atom stereocenters. The molecule has 1 aromatic carbocycles. The number of anilines is 2. The van der Waals surface area contributed by atoms with Gasteiger partial charge in [0.15, 0.2) is 0 Å². The normalized spacial score (nSPS) is 15.7. The molecule has 3 N–H and O–H groups in total. The summed E-state index contributed by atoms with van der Waals surface area (Å²) in [5, 5.41) is 3.02. The van der Waals surface area contributed by atoms with Crippen LogP contribution >= 0.6 is 0 Å². The summed E-state index contributed by atoms with van der Waals surface area (Å²) in [6.07, 6.45) is -2.83. The largest absolute Gasteiger partial charge is 0.416 e. The molecule has 1 aliphatic heterocycles. The van der Waals surface area contributed by atoms with Gasteiger partial charge in [0.25, 0.3) is 0 Å². The van der Waals surface area contributed by atoms with Crippen LogP contribution in [-0.2, 0) is 12.6 Å². The standard InChI is InChI=1S/C10H11F3N2/c11-10(12,13)7-4-6-2-1-3-15-9(6)8(14)5-7/h4-5,15H,1-3,14H2. The first-order valence-corrected chi connectivity index (χ1v) is 4.72. The molecule has 0 aliphatic carbocycles. The van der Waals surface area contributed by atoms with Gasteiger partial charge in [-0.3, -0.25) is 0 Å². The van der Waals surface area contributed by atoms with Crippen molar-refractivity contribution in [3.05, 3.63) is 23.3 Å². The predicted molar refractivity (Wildman–Crippen MR) is 52.7 cm³/mol. The summed E-state index contributed by atoms with van der Waals surface area (Å²) in [7, 11) is 0. The highest BCUT2D eigenvalue weighted by Crippen LogP contribution is 2.36. The van der Waals surface area contributed by atoms with Gasteiger partial charge in [0.2, 0.25) is 0 Å². The molecule has 82 valence electrons. The number of fused-ring (bicyclic) bond motifs is 1. The molecule has 0 saturated heterocycles. The predicted octanol–water partition coefficient (Wildman–Crippen LogP) is 2.65. The fourth-order valence-corrected chi connectivity index (χ4v) is 1.80. The Morgan fingerprint density at radius 1 is 1.27 bits per heavy atom. The Kier molecular flexibility index (Phi) is 2.25. The second-order valence-electron chi connectivity index (χ2n) is 3.63. The van der Waals surface area contributed by atoms with Gasteiger partial charge in [-0.2, -0.15) is 13.2 Å². The number of nitrogens with one attached hydrogen (secondary N) is 1. The van der Waals surface area contributed by atoms with Crippen LogP contribution in [0.5, 0.6) is 0 Å². The quantitative estimate of drug-likeness (QED) is 0.654. The van der Waals surface area contributed by atoms with E-state index in [-0.39, 0.29) is 5.69 Å². The highest BCUT2D eigenvalue weighted by atomic mass is 19.4. The third kappa shape index (κ3) is 1.86. The Labute approximate surface area is 85.3 Å². The van der Waals surface area contributed by atoms with E-state index in [1.54, 1.807) is 0 Å². The van der Waals surface area contributed by atoms with E-state index in [1.807, 2.05) is 0 Å². The lowest BCUT2D eigenvalue weighted by Gasteiger charge is -2.21. The van der Waals surface area contributed by atoms with Crippen molar-refractivity contribution >= 4 is 11.4 Å². The number of hydrogen-bond donors (Lipinski definition) is 2. The number of alkyl halides is 3. The Morgan fingerprint density at radius 3 is 2.67 bits per heavy atom. The number of benzene rings is 1. The zero-order valence-corrected chi connectivity index (χ0v) is 7.99. The first-order chi connectivity index (χ1) is 6.98. The van der Waals surface area contributed by atoms with E-state index >= 15 is 0 Å². The van der Waals surface area contributed by atoms with E-state index in [0.29, 0.717) is 17.7 Å². The van der Waals surface area contributed by atoms with E-state index in [2.05, 4.69) is 5.32 Å². The second-order valence-corrected chi connectivity index (χ2v) is 3.63. The van der Waals surface area contributed by atoms with Crippen molar-refractivity contribution in [2.45, 2.75) is 19.0 Å². The van der Waals surface area contributed by atoms with Crippen LogP contribution in [0.2, 0.25) is 0 Å². The Hall–Kier alpha value is -1.39. The lowest BCUT2D eigenvalue weighted by atomic mass is 9.99. The average Bonchev–Trinajstić information content (AvgIpc) is 2.16. The van der Waals surface area contributed by atoms with E-state index in [1.165, 1.54) is 6.07 Å². The Morgan fingerprint density at radius 2 is 2.00 bits per heavy atom. The first kappa shape index (κ1) is 10.1. The molecule has 5 heteroatoms. The monoisotopic (exact) mass is 216 g/mol. The lowest BCUT2D eigenvalue weighted by molar-refractivity contribution is -0.137. The minimum atomic E-state index is -4.32. The van der Waals surface area contributed by atoms with Crippen molar-refractivity contribution in [3.63, 3.8) is 0 Å². The zero-order chi connectivity index (χ0) is 11.1.